The van der Waals surface area contributed by atoms with Crippen LogP contribution in [0.5, 0.6) is 11.5 Å². The van der Waals surface area contributed by atoms with E-state index in [1.807, 2.05) is 54.6 Å². The largest absolute Gasteiger partial charge is 0.457 e. The Balaban J connectivity index is 1.82. The highest BCUT2D eigenvalue weighted by Crippen LogP contribution is 2.27. The van der Waals surface area contributed by atoms with Crippen molar-refractivity contribution in [3.8, 4) is 11.5 Å². The van der Waals surface area contributed by atoms with Crippen LogP contribution in [0.2, 0.25) is 0 Å². The molecule has 1 aliphatic heterocycles. The van der Waals surface area contributed by atoms with Crippen LogP contribution in [-0.2, 0) is 4.79 Å². The van der Waals surface area contributed by atoms with Gasteiger partial charge in [0.15, 0.2) is 0 Å². The van der Waals surface area contributed by atoms with E-state index < -0.39 is 0 Å². The van der Waals surface area contributed by atoms with Gasteiger partial charge < -0.3 is 4.74 Å². The van der Waals surface area contributed by atoms with Gasteiger partial charge in [-0.2, -0.15) is 0 Å². The van der Waals surface area contributed by atoms with E-state index in [2.05, 4.69) is 5.32 Å². The van der Waals surface area contributed by atoms with Crippen LogP contribution in [0.25, 0.3) is 6.08 Å². The Hall–Kier alpha value is -2.53. The lowest BCUT2D eigenvalue weighted by Gasteiger charge is -2.06. The number of hydrogen-bond acceptors (Lipinski definition) is 4. The van der Waals surface area contributed by atoms with Crippen LogP contribution in [0.3, 0.4) is 0 Å². The molecule has 1 fully saturated rings. The van der Waals surface area contributed by atoms with Crippen molar-refractivity contribution in [2.45, 2.75) is 0 Å². The standard InChI is InChI=1S/C16H11NO3S/c18-15-14(21-16(19)17-15)10-11-5-4-8-13(9-11)20-12-6-2-1-3-7-12/h1-10H,(H,17,18,19)/b14-10+. The molecule has 3 rings (SSSR count). The second-order valence-corrected chi connectivity index (χ2v) is 5.35. The first kappa shape index (κ1) is 13.5. The molecule has 1 aliphatic rings. The van der Waals surface area contributed by atoms with Crippen LogP contribution in [-0.4, -0.2) is 11.1 Å². The number of nitrogens with one attached hydrogen (secondary N) is 1. The van der Waals surface area contributed by atoms with Gasteiger partial charge in [0, 0.05) is 0 Å². The second-order valence-electron chi connectivity index (χ2n) is 4.34. The summed E-state index contributed by atoms with van der Waals surface area (Å²) >= 11 is 0.899. The van der Waals surface area contributed by atoms with Gasteiger partial charge in [-0.1, -0.05) is 30.3 Å². The van der Waals surface area contributed by atoms with Crippen molar-refractivity contribution in [3.63, 3.8) is 0 Å². The zero-order chi connectivity index (χ0) is 14.7. The number of imide groups is 1. The van der Waals surface area contributed by atoms with Crippen molar-refractivity contribution in [1.82, 2.24) is 5.32 Å². The highest BCUT2D eigenvalue weighted by atomic mass is 32.2. The van der Waals surface area contributed by atoms with E-state index >= 15 is 0 Å². The van der Waals surface area contributed by atoms with Crippen molar-refractivity contribution in [2.75, 3.05) is 0 Å². The molecular weight excluding hydrogens is 286 g/mol. The molecule has 1 heterocycles. The number of hydrogen-bond donors (Lipinski definition) is 1. The molecule has 21 heavy (non-hydrogen) atoms. The first-order valence-electron chi connectivity index (χ1n) is 6.28. The normalized spacial score (nSPS) is 16.1. The van der Waals surface area contributed by atoms with Crippen LogP contribution < -0.4 is 10.1 Å². The molecule has 0 aromatic heterocycles. The summed E-state index contributed by atoms with van der Waals surface area (Å²) in [7, 11) is 0. The fourth-order valence-electron chi connectivity index (χ4n) is 1.86. The number of para-hydroxylation sites is 1. The van der Waals surface area contributed by atoms with E-state index in [1.165, 1.54) is 0 Å². The molecule has 2 amide bonds. The van der Waals surface area contributed by atoms with Gasteiger partial charge in [0.2, 0.25) is 0 Å². The molecule has 0 spiro atoms. The van der Waals surface area contributed by atoms with E-state index in [1.54, 1.807) is 6.08 Å². The van der Waals surface area contributed by atoms with Crippen molar-refractivity contribution in [3.05, 3.63) is 65.1 Å². The number of benzene rings is 2. The molecule has 4 nitrogen and oxygen atoms in total. The summed E-state index contributed by atoms with van der Waals surface area (Å²) in [5, 5.41) is 1.88. The summed E-state index contributed by atoms with van der Waals surface area (Å²) in [5.74, 6) is 1.05. The molecule has 0 radical (unpaired) electrons. The van der Waals surface area contributed by atoms with Gasteiger partial charge in [-0.25, -0.2) is 0 Å². The Morgan fingerprint density at radius 3 is 2.43 bits per heavy atom. The van der Waals surface area contributed by atoms with Crippen molar-refractivity contribution >= 4 is 29.0 Å². The smallest absolute Gasteiger partial charge is 0.290 e. The second kappa shape index (κ2) is 5.85. The maximum absolute atomic E-state index is 11.5. The molecule has 0 saturated carbocycles. The van der Waals surface area contributed by atoms with E-state index in [-0.39, 0.29) is 11.1 Å². The van der Waals surface area contributed by atoms with E-state index in [0.717, 1.165) is 23.1 Å². The lowest BCUT2D eigenvalue weighted by molar-refractivity contribution is -0.115. The summed E-state index contributed by atoms with van der Waals surface area (Å²) < 4.78 is 5.73. The highest BCUT2D eigenvalue weighted by molar-refractivity contribution is 8.18. The Morgan fingerprint density at radius 1 is 0.952 bits per heavy atom. The quantitative estimate of drug-likeness (QED) is 0.875. The Bertz CT molecular complexity index is 725. The maximum Gasteiger partial charge on any atom is 0.290 e. The minimum atomic E-state index is -0.362. The number of rotatable bonds is 3. The SMILES string of the molecule is O=C1NC(=O)/C(=C\c2cccc(Oc3ccccc3)c2)S1. The zero-order valence-electron chi connectivity index (χ0n) is 10.9. The molecule has 0 unspecified atom stereocenters. The predicted molar refractivity (Wildman–Crippen MR) is 82.1 cm³/mol. The van der Waals surface area contributed by atoms with Crippen molar-refractivity contribution in [2.24, 2.45) is 0 Å². The van der Waals surface area contributed by atoms with E-state index in [4.69, 9.17) is 4.74 Å². The lowest BCUT2D eigenvalue weighted by atomic mass is 10.2. The molecule has 5 heteroatoms. The Morgan fingerprint density at radius 2 is 1.71 bits per heavy atom. The molecule has 0 atom stereocenters. The van der Waals surface area contributed by atoms with Crippen LogP contribution in [0.4, 0.5) is 4.79 Å². The number of ether oxygens (including phenoxy) is 1. The average Bonchev–Trinajstić information content (AvgIpc) is 2.78. The first-order chi connectivity index (χ1) is 10.2. The molecule has 0 bridgehead atoms. The molecule has 104 valence electrons. The minimum absolute atomic E-state index is 0.344. The van der Waals surface area contributed by atoms with Crippen LogP contribution >= 0.6 is 11.8 Å². The molecule has 1 saturated heterocycles. The Kier molecular flexibility index (Phi) is 3.75. The van der Waals surface area contributed by atoms with E-state index in [0.29, 0.717) is 10.7 Å². The van der Waals surface area contributed by atoms with Crippen LogP contribution in [0.1, 0.15) is 5.56 Å². The molecule has 2 aromatic carbocycles. The van der Waals surface area contributed by atoms with Gasteiger partial charge in [-0.15, -0.1) is 0 Å². The summed E-state index contributed by atoms with van der Waals surface area (Å²) in [6, 6.07) is 16.8. The van der Waals surface area contributed by atoms with Crippen LogP contribution in [0.15, 0.2) is 59.5 Å². The summed E-state index contributed by atoms with van der Waals surface area (Å²) in [5.41, 5.74) is 0.802. The fraction of sp³-hybridized carbons (Fsp3) is 0. The third-order valence-corrected chi connectivity index (χ3v) is 3.59. The maximum atomic E-state index is 11.5. The minimum Gasteiger partial charge on any atom is -0.457 e. The summed E-state index contributed by atoms with van der Waals surface area (Å²) in [6.07, 6.45) is 1.67. The van der Waals surface area contributed by atoms with Gasteiger partial charge in [-0.05, 0) is 47.7 Å². The molecular formula is C16H11NO3S. The first-order valence-corrected chi connectivity index (χ1v) is 7.10. The third kappa shape index (κ3) is 3.32. The monoisotopic (exact) mass is 297 g/mol. The highest BCUT2D eigenvalue weighted by Gasteiger charge is 2.24. The fourth-order valence-corrected chi connectivity index (χ4v) is 2.55. The molecule has 2 aromatic rings. The van der Waals surface area contributed by atoms with Gasteiger partial charge in [0.05, 0.1) is 4.91 Å². The molecule has 0 aliphatic carbocycles. The third-order valence-electron chi connectivity index (χ3n) is 2.78. The predicted octanol–water partition coefficient (Wildman–Crippen LogP) is 3.80. The van der Waals surface area contributed by atoms with Crippen molar-refractivity contribution in [1.29, 1.82) is 0 Å². The summed E-state index contributed by atoms with van der Waals surface area (Å²) in [6.45, 7) is 0. The van der Waals surface area contributed by atoms with Gasteiger partial charge in [-0.3, -0.25) is 14.9 Å². The topological polar surface area (TPSA) is 55.4 Å². The zero-order valence-corrected chi connectivity index (χ0v) is 11.7. The summed E-state index contributed by atoms with van der Waals surface area (Å²) in [4.78, 5) is 23.0. The van der Waals surface area contributed by atoms with Crippen LogP contribution in [0, 0.1) is 0 Å². The number of thioether (sulfide) groups is 1. The van der Waals surface area contributed by atoms with Crippen molar-refractivity contribution < 1.29 is 14.3 Å². The Labute approximate surface area is 125 Å². The number of amides is 2. The molecule has 1 N–H and O–H groups in total. The van der Waals surface area contributed by atoms with Gasteiger partial charge >= 0.3 is 0 Å². The van der Waals surface area contributed by atoms with Gasteiger partial charge in [0.25, 0.3) is 11.1 Å². The average molecular weight is 297 g/mol. The van der Waals surface area contributed by atoms with E-state index in [9.17, 15) is 9.59 Å². The van der Waals surface area contributed by atoms with Gasteiger partial charge in [0.1, 0.15) is 11.5 Å². The number of carbonyl (C=O) groups excluding carboxylic acids is 2. The number of carbonyl (C=O) groups is 2. The lowest BCUT2D eigenvalue weighted by Crippen LogP contribution is -2.17.